The number of carboxylic acid groups (broad SMARTS) is 1. The summed E-state index contributed by atoms with van der Waals surface area (Å²) in [7, 11) is 0. The van der Waals surface area contributed by atoms with Crippen LogP contribution >= 0.6 is 0 Å². The molecule has 35 heavy (non-hydrogen) atoms. The monoisotopic (exact) mass is 473 g/mol. The lowest BCUT2D eigenvalue weighted by molar-refractivity contribution is -0.141. The smallest absolute Gasteiger partial charge is 0.303 e. The van der Waals surface area contributed by atoms with Crippen LogP contribution in [0.5, 0.6) is 5.75 Å². The van der Waals surface area contributed by atoms with E-state index >= 15 is 0 Å². The van der Waals surface area contributed by atoms with Crippen LogP contribution in [0.1, 0.15) is 34.3 Å². The average molecular weight is 474 g/mol. The molecule has 8 nitrogen and oxygen atoms in total. The van der Waals surface area contributed by atoms with Gasteiger partial charge in [-0.2, -0.15) is 0 Å². The van der Waals surface area contributed by atoms with Crippen molar-refractivity contribution in [1.82, 2.24) is 15.2 Å². The van der Waals surface area contributed by atoms with E-state index in [-0.39, 0.29) is 50.9 Å². The molecule has 2 N–H and O–H groups in total. The Morgan fingerprint density at radius 3 is 2.60 bits per heavy atom. The van der Waals surface area contributed by atoms with Crippen LogP contribution in [0.2, 0.25) is 0 Å². The second-order valence-corrected chi connectivity index (χ2v) is 8.31. The molecular formula is C27H27N3O5. The standard InChI is InChI=1S/C27H27N3O5/c31-25(6-7-26(32)33)30-13-12-29-27(34)22-3-1-2-19(16-22)17-23-18-21(20-8-10-28-11-9-20)4-5-24(23)35-15-14-30/h1-5,8-11,16,18H,6-7,12-15,17H2,(H,29,34)(H,32,33). The second kappa shape index (κ2) is 11.3. The van der Waals surface area contributed by atoms with Gasteiger partial charge in [0, 0.05) is 43.9 Å². The Bertz CT molecular complexity index is 1210. The van der Waals surface area contributed by atoms with Crippen molar-refractivity contribution in [3.05, 3.63) is 83.7 Å². The lowest BCUT2D eigenvalue weighted by Crippen LogP contribution is -2.40. The van der Waals surface area contributed by atoms with Gasteiger partial charge in [-0.05, 0) is 58.7 Å². The van der Waals surface area contributed by atoms with Crippen molar-refractivity contribution < 1.29 is 24.2 Å². The highest BCUT2D eigenvalue weighted by Crippen LogP contribution is 2.29. The molecule has 1 aliphatic heterocycles. The Labute approximate surface area is 203 Å². The van der Waals surface area contributed by atoms with Crippen molar-refractivity contribution in [2.45, 2.75) is 19.3 Å². The Hall–Kier alpha value is -4.20. The van der Waals surface area contributed by atoms with Crippen LogP contribution in [0.4, 0.5) is 0 Å². The highest BCUT2D eigenvalue weighted by Gasteiger charge is 2.17. The first-order chi connectivity index (χ1) is 17.0. The number of pyridine rings is 1. The van der Waals surface area contributed by atoms with Gasteiger partial charge >= 0.3 is 5.97 Å². The first kappa shape index (κ1) is 23.9. The molecule has 0 unspecified atom stereocenters. The summed E-state index contributed by atoms with van der Waals surface area (Å²) in [5.74, 6) is -0.826. The topological polar surface area (TPSA) is 109 Å². The number of aliphatic carboxylic acids is 1. The molecular weight excluding hydrogens is 446 g/mol. The van der Waals surface area contributed by atoms with E-state index in [2.05, 4.69) is 16.4 Å². The van der Waals surface area contributed by atoms with E-state index in [4.69, 9.17) is 9.84 Å². The van der Waals surface area contributed by atoms with Crippen LogP contribution < -0.4 is 10.1 Å². The van der Waals surface area contributed by atoms with E-state index in [1.165, 1.54) is 4.90 Å². The number of carboxylic acids is 1. The van der Waals surface area contributed by atoms with Gasteiger partial charge in [0.05, 0.1) is 13.0 Å². The molecule has 0 saturated carbocycles. The van der Waals surface area contributed by atoms with Gasteiger partial charge in [-0.15, -0.1) is 0 Å². The number of hydrogen-bond acceptors (Lipinski definition) is 5. The summed E-state index contributed by atoms with van der Waals surface area (Å²) in [4.78, 5) is 41.8. The lowest BCUT2D eigenvalue weighted by atomic mass is 9.97. The third-order valence-electron chi connectivity index (χ3n) is 5.85. The molecule has 2 bridgehead atoms. The Morgan fingerprint density at radius 1 is 0.971 bits per heavy atom. The van der Waals surface area contributed by atoms with E-state index < -0.39 is 5.97 Å². The molecule has 0 radical (unpaired) electrons. The zero-order valence-electron chi connectivity index (χ0n) is 19.3. The summed E-state index contributed by atoms with van der Waals surface area (Å²) in [5.41, 5.74) is 4.53. The van der Waals surface area contributed by atoms with Gasteiger partial charge in [-0.1, -0.05) is 18.2 Å². The van der Waals surface area contributed by atoms with Gasteiger partial charge in [0.25, 0.3) is 5.91 Å². The minimum atomic E-state index is -1.02. The molecule has 0 atom stereocenters. The Balaban J connectivity index is 1.64. The van der Waals surface area contributed by atoms with Gasteiger partial charge < -0.3 is 20.1 Å². The molecule has 0 fully saturated rings. The van der Waals surface area contributed by atoms with Gasteiger partial charge in [0.1, 0.15) is 12.4 Å². The normalized spacial score (nSPS) is 14.2. The van der Waals surface area contributed by atoms with Crippen LogP contribution in [0.3, 0.4) is 0 Å². The van der Waals surface area contributed by atoms with Crippen molar-refractivity contribution in [2.24, 2.45) is 0 Å². The Morgan fingerprint density at radius 2 is 1.80 bits per heavy atom. The van der Waals surface area contributed by atoms with Gasteiger partial charge in [-0.3, -0.25) is 19.4 Å². The van der Waals surface area contributed by atoms with E-state index in [1.807, 2.05) is 42.5 Å². The molecule has 0 aliphatic carbocycles. The van der Waals surface area contributed by atoms with E-state index in [0.717, 1.165) is 22.3 Å². The number of aromatic nitrogens is 1. The molecule has 3 aromatic rings. The number of nitrogens with zero attached hydrogens (tertiary/aromatic N) is 2. The lowest BCUT2D eigenvalue weighted by Gasteiger charge is -2.24. The van der Waals surface area contributed by atoms with E-state index in [1.54, 1.807) is 18.5 Å². The van der Waals surface area contributed by atoms with Crippen molar-refractivity contribution in [1.29, 1.82) is 0 Å². The van der Waals surface area contributed by atoms with Crippen LogP contribution in [0.15, 0.2) is 67.0 Å². The number of carbonyl (C=O) groups is 3. The van der Waals surface area contributed by atoms with Gasteiger partial charge in [-0.25, -0.2) is 0 Å². The zero-order valence-corrected chi connectivity index (χ0v) is 19.3. The third kappa shape index (κ3) is 6.44. The summed E-state index contributed by atoms with van der Waals surface area (Å²) >= 11 is 0. The minimum absolute atomic E-state index is 0.1000. The van der Waals surface area contributed by atoms with Crippen molar-refractivity contribution >= 4 is 17.8 Å². The quantitative estimate of drug-likeness (QED) is 0.603. The average Bonchev–Trinajstić information content (AvgIpc) is 2.87. The predicted molar refractivity (Wildman–Crippen MR) is 130 cm³/mol. The highest BCUT2D eigenvalue weighted by atomic mass is 16.5. The second-order valence-electron chi connectivity index (χ2n) is 8.31. The van der Waals surface area contributed by atoms with Crippen LogP contribution in [-0.2, 0) is 16.0 Å². The molecule has 1 aromatic heterocycles. The maximum Gasteiger partial charge on any atom is 0.303 e. The molecule has 2 aromatic carbocycles. The van der Waals surface area contributed by atoms with E-state index in [9.17, 15) is 14.4 Å². The van der Waals surface area contributed by atoms with Crippen LogP contribution in [-0.4, -0.2) is 59.0 Å². The first-order valence-corrected chi connectivity index (χ1v) is 11.5. The number of amides is 2. The Kier molecular flexibility index (Phi) is 7.72. The largest absolute Gasteiger partial charge is 0.491 e. The number of carbonyl (C=O) groups excluding carboxylic acids is 2. The molecule has 4 rings (SSSR count). The zero-order chi connectivity index (χ0) is 24.6. The fourth-order valence-electron chi connectivity index (χ4n) is 4.03. The number of benzene rings is 2. The summed E-state index contributed by atoms with van der Waals surface area (Å²) in [5, 5.41) is 11.8. The van der Waals surface area contributed by atoms with Gasteiger partial charge in [0.2, 0.25) is 5.91 Å². The molecule has 2 heterocycles. The fraction of sp³-hybridized carbons (Fsp3) is 0.259. The maximum absolute atomic E-state index is 12.7. The fourth-order valence-corrected chi connectivity index (χ4v) is 4.03. The molecule has 8 heteroatoms. The number of nitrogens with one attached hydrogen (secondary N) is 1. The van der Waals surface area contributed by atoms with Crippen LogP contribution in [0, 0.1) is 0 Å². The molecule has 1 aliphatic rings. The molecule has 0 spiro atoms. The van der Waals surface area contributed by atoms with Crippen LogP contribution in [0.25, 0.3) is 11.1 Å². The predicted octanol–water partition coefficient (Wildman–Crippen LogP) is 3.16. The van der Waals surface area contributed by atoms with Crippen molar-refractivity contribution in [3.63, 3.8) is 0 Å². The summed E-state index contributed by atoms with van der Waals surface area (Å²) in [6.07, 6.45) is 3.72. The van der Waals surface area contributed by atoms with Crippen molar-refractivity contribution in [3.8, 4) is 16.9 Å². The number of hydrogen-bond donors (Lipinski definition) is 2. The summed E-state index contributed by atoms with van der Waals surface area (Å²) in [6.45, 7) is 1.05. The molecule has 180 valence electrons. The number of ether oxygens (including phenoxy) is 1. The number of fused-ring (bicyclic) bond motifs is 3. The first-order valence-electron chi connectivity index (χ1n) is 11.5. The molecule has 0 saturated heterocycles. The highest BCUT2D eigenvalue weighted by molar-refractivity contribution is 5.94. The SMILES string of the molecule is O=C(O)CCC(=O)N1CCNC(=O)c2cccc(c2)Cc2cc(-c3ccncc3)ccc2OCC1. The molecule has 2 amide bonds. The van der Waals surface area contributed by atoms with Gasteiger partial charge in [0.15, 0.2) is 0 Å². The van der Waals surface area contributed by atoms with Crippen molar-refractivity contribution in [2.75, 3.05) is 26.2 Å². The number of rotatable bonds is 4. The third-order valence-corrected chi connectivity index (χ3v) is 5.85. The summed E-state index contributed by atoms with van der Waals surface area (Å²) < 4.78 is 6.11. The van der Waals surface area contributed by atoms with E-state index in [0.29, 0.717) is 17.7 Å². The summed E-state index contributed by atoms with van der Waals surface area (Å²) in [6, 6.07) is 17.3. The maximum atomic E-state index is 12.7. The minimum Gasteiger partial charge on any atom is -0.491 e.